The van der Waals surface area contributed by atoms with Gasteiger partial charge in [0, 0.05) is 33.2 Å². The summed E-state index contributed by atoms with van der Waals surface area (Å²) >= 11 is 1.62. The predicted octanol–water partition coefficient (Wildman–Crippen LogP) is 3.31. The van der Waals surface area contributed by atoms with Crippen LogP contribution in [0.4, 0.5) is 5.69 Å². The number of nitrogens with zero attached hydrogens (tertiary/aromatic N) is 1. The number of nitrogen functional groups attached to an aromatic ring is 1. The molecule has 1 aromatic rings. The minimum Gasteiger partial charge on any atom is -0.399 e. The molecular weight excluding hydrogens is 277 g/mol. The molecule has 0 amide bonds. The van der Waals surface area contributed by atoms with Gasteiger partial charge in [-0.05, 0) is 31.0 Å². The second-order valence-corrected chi connectivity index (χ2v) is 5.06. The minimum absolute atomic E-state index is 0.178. The van der Waals surface area contributed by atoms with Crippen LogP contribution < -0.4 is 11.5 Å². The number of benzene rings is 1. The third-order valence-corrected chi connectivity index (χ3v) is 3.52. The zero-order valence-corrected chi connectivity index (χ0v) is 11.8. The van der Waals surface area contributed by atoms with Gasteiger partial charge in [0.15, 0.2) is 5.17 Å². The SMILES string of the molecule is CC1(c2ccc(N)cc2)CCSC(N)=N1.ClCl. The van der Waals surface area contributed by atoms with Crippen molar-refractivity contribution in [3.63, 3.8) is 0 Å². The number of aliphatic imine (C=N–C) groups is 1. The van der Waals surface area contributed by atoms with Crippen LogP contribution >= 0.6 is 33.5 Å². The first-order valence-corrected chi connectivity index (χ1v) is 7.21. The Morgan fingerprint density at radius 2 is 1.82 bits per heavy atom. The molecule has 0 spiro atoms. The van der Waals surface area contributed by atoms with Crippen LogP contribution in [-0.2, 0) is 5.54 Å². The first kappa shape index (κ1) is 14.5. The number of hydrogen-bond donors (Lipinski definition) is 2. The average Bonchev–Trinajstić information content (AvgIpc) is 2.32. The number of anilines is 1. The van der Waals surface area contributed by atoms with Crippen molar-refractivity contribution in [3.05, 3.63) is 29.8 Å². The number of nitrogens with two attached hydrogens (primary N) is 2. The van der Waals surface area contributed by atoms with Gasteiger partial charge in [0.1, 0.15) is 0 Å². The van der Waals surface area contributed by atoms with Gasteiger partial charge in [0.05, 0.1) is 5.54 Å². The van der Waals surface area contributed by atoms with E-state index in [9.17, 15) is 0 Å². The molecule has 17 heavy (non-hydrogen) atoms. The molecule has 1 aliphatic rings. The number of rotatable bonds is 1. The molecule has 6 heteroatoms. The maximum absolute atomic E-state index is 5.77. The smallest absolute Gasteiger partial charge is 0.154 e. The third kappa shape index (κ3) is 3.69. The summed E-state index contributed by atoms with van der Waals surface area (Å²) in [5, 5.41) is 0.681. The van der Waals surface area contributed by atoms with Crippen LogP contribution in [0.3, 0.4) is 0 Å². The standard InChI is InChI=1S/C11H15N3S.Cl2/c1-11(6-7-15-10(13)14-11)8-2-4-9(12)5-3-8;1-2/h2-5H,6-7,12H2,1H3,(H2,13,14);. The van der Waals surface area contributed by atoms with Gasteiger partial charge in [-0.3, -0.25) is 4.99 Å². The lowest BCUT2D eigenvalue weighted by Gasteiger charge is -2.29. The van der Waals surface area contributed by atoms with Gasteiger partial charge in [-0.1, -0.05) is 23.9 Å². The Morgan fingerprint density at radius 3 is 2.35 bits per heavy atom. The fraction of sp³-hybridized carbons (Fsp3) is 0.364. The summed E-state index contributed by atoms with van der Waals surface area (Å²) in [6.07, 6.45) is 1.02. The Balaban J connectivity index is 0.000000686. The number of halogens is 2. The predicted molar refractivity (Wildman–Crippen MR) is 78.6 cm³/mol. The van der Waals surface area contributed by atoms with Crippen molar-refractivity contribution in [1.29, 1.82) is 0 Å². The van der Waals surface area contributed by atoms with Crippen LogP contribution in [0.15, 0.2) is 29.3 Å². The fourth-order valence-electron chi connectivity index (χ4n) is 1.74. The van der Waals surface area contributed by atoms with Gasteiger partial charge in [0.25, 0.3) is 0 Å². The second-order valence-electron chi connectivity index (χ2n) is 3.94. The molecule has 0 aromatic heterocycles. The molecule has 0 bridgehead atoms. The highest BCUT2D eigenvalue weighted by atomic mass is 36.5. The summed E-state index contributed by atoms with van der Waals surface area (Å²) in [5.74, 6) is 1.02. The molecule has 4 N–H and O–H groups in total. The molecule has 0 saturated carbocycles. The van der Waals surface area contributed by atoms with Crippen LogP contribution in [0.2, 0.25) is 0 Å². The molecule has 3 nitrogen and oxygen atoms in total. The van der Waals surface area contributed by atoms with Crippen molar-refractivity contribution in [2.24, 2.45) is 10.7 Å². The topological polar surface area (TPSA) is 64.4 Å². The van der Waals surface area contributed by atoms with Gasteiger partial charge in [-0.25, -0.2) is 0 Å². The number of amidine groups is 1. The van der Waals surface area contributed by atoms with E-state index in [4.69, 9.17) is 11.5 Å². The largest absolute Gasteiger partial charge is 0.399 e. The molecule has 1 aromatic carbocycles. The second kappa shape index (κ2) is 6.38. The lowest BCUT2D eigenvalue weighted by molar-refractivity contribution is 0.482. The first-order valence-electron chi connectivity index (χ1n) is 5.09. The summed E-state index contributed by atoms with van der Waals surface area (Å²) < 4.78 is 0. The van der Waals surface area contributed by atoms with Crippen LogP contribution in [-0.4, -0.2) is 10.9 Å². The van der Waals surface area contributed by atoms with E-state index < -0.39 is 0 Å². The van der Waals surface area contributed by atoms with E-state index in [1.165, 1.54) is 5.56 Å². The van der Waals surface area contributed by atoms with E-state index in [-0.39, 0.29) is 5.54 Å². The third-order valence-electron chi connectivity index (χ3n) is 2.73. The van der Waals surface area contributed by atoms with Crippen LogP contribution in [0.5, 0.6) is 0 Å². The van der Waals surface area contributed by atoms with Crippen molar-refractivity contribution in [3.8, 4) is 0 Å². The van der Waals surface area contributed by atoms with Gasteiger partial charge in [-0.2, -0.15) is 0 Å². The van der Waals surface area contributed by atoms with Crippen molar-refractivity contribution < 1.29 is 0 Å². The summed E-state index contributed by atoms with van der Waals surface area (Å²) in [5.41, 5.74) is 13.2. The van der Waals surface area contributed by atoms with E-state index in [1.54, 1.807) is 11.8 Å². The van der Waals surface area contributed by atoms with E-state index in [0.29, 0.717) is 5.17 Å². The maximum atomic E-state index is 5.77. The Morgan fingerprint density at radius 1 is 1.24 bits per heavy atom. The Kier molecular flexibility index (Phi) is 5.43. The van der Waals surface area contributed by atoms with E-state index in [0.717, 1.165) is 17.9 Å². The molecule has 94 valence electrons. The Labute approximate surface area is 115 Å². The van der Waals surface area contributed by atoms with Gasteiger partial charge in [-0.15, -0.1) is 0 Å². The van der Waals surface area contributed by atoms with Crippen molar-refractivity contribution >= 4 is 44.3 Å². The van der Waals surface area contributed by atoms with E-state index in [1.807, 2.05) is 24.3 Å². The van der Waals surface area contributed by atoms with Crippen molar-refractivity contribution in [2.75, 3.05) is 11.5 Å². The van der Waals surface area contributed by atoms with Crippen molar-refractivity contribution in [1.82, 2.24) is 0 Å². The number of hydrogen-bond acceptors (Lipinski definition) is 4. The minimum atomic E-state index is -0.178. The summed E-state index contributed by atoms with van der Waals surface area (Å²) in [6.45, 7) is 2.12. The molecule has 1 unspecified atom stereocenters. The fourth-order valence-corrected chi connectivity index (χ4v) is 2.71. The Hall–Kier alpha value is -0.580. The Bertz CT molecular complexity index is 394. The summed E-state index contributed by atoms with van der Waals surface area (Å²) in [7, 11) is 8.22. The van der Waals surface area contributed by atoms with Crippen LogP contribution in [0.25, 0.3) is 0 Å². The van der Waals surface area contributed by atoms with Crippen LogP contribution in [0.1, 0.15) is 18.9 Å². The lowest BCUT2D eigenvalue weighted by Crippen LogP contribution is -2.28. The van der Waals surface area contributed by atoms with Gasteiger partial charge in [0.2, 0.25) is 0 Å². The summed E-state index contributed by atoms with van der Waals surface area (Å²) in [4.78, 5) is 4.53. The molecule has 1 heterocycles. The van der Waals surface area contributed by atoms with Gasteiger partial charge >= 0.3 is 0 Å². The zero-order valence-electron chi connectivity index (χ0n) is 9.49. The lowest BCUT2D eigenvalue weighted by atomic mass is 9.90. The highest BCUT2D eigenvalue weighted by molar-refractivity contribution is 8.13. The van der Waals surface area contributed by atoms with Crippen molar-refractivity contribution in [2.45, 2.75) is 18.9 Å². The van der Waals surface area contributed by atoms with Crippen LogP contribution in [0, 0.1) is 0 Å². The van der Waals surface area contributed by atoms with E-state index >= 15 is 0 Å². The molecule has 1 atom stereocenters. The first-order chi connectivity index (χ1) is 8.10. The quantitative estimate of drug-likeness (QED) is 0.780. The molecule has 0 fully saturated rings. The summed E-state index contributed by atoms with van der Waals surface area (Å²) in [6, 6.07) is 7.88. The molecule has 1 aliphatic heterocycles. The highest BCUT2D eigenvalue weighted by Gasteiger charge is 2.28. The molecule has 0 radical (unpaired) electrons. The zero-order chi connectivity index (χ0) is 12.9. The van der Waals surface area contributed by atoms with E-state index in [2.05, 4.69) is 33.6 Å². The average molecular weight is 292 g/mol. The highest BCUT2D eigenvalue weighted by Crippen LogP contribution is 2.34. The molecule has 0 aliphatic carbocycles. The normalized spacial score (nSPS) is 23.4. The molecule has 2 rings (SSSR count). The molecule has 0 saturated heterocycles. The number of thioether (sulfide) groups is 1. The monoisotopic (exact) mass is 291 g/mol. The van der Waals surface area contributed by atoms with Gasteiger partial charge < -0.3 is 11.5 Å². The molecular formula is C11H15Cl2N3S. The maximum Gasteiger partial charge on any atom is 0.154 e.